The van der Waals surface area contributed by atoms with Crippen LogP contribution in [0, 0.1) is 6.92 Å². The van der Waals surface area contributed by atoms with Crippen molar-refractivity contribution in [2.24, 2.45) is 4.99 Å². The molecule has 1 aromatic heterocycles. The van der Waals surface area contributed by atoms with E-state index < -0.39 is 10.0 Å². The number of hydrogen-bond acceptors (Lipinski definition) is 5. The maximum absolute atomic E-state index is 12.8. The smallest absolute Gasteiger partial charge is 0.243 e. The summed E-state index contributed by atoms with van der Waals surface area (Å²) < 4.78 is 27.1. The average Bonchev–Trinajstić information content (AvgIpc) is 3.18. The van der Waals surface area contributed by atoms with Gasteiger partial charge in [0.2, 0.25) is 10.0 Å². The van der Waals surface area contributed by atoms with Crippen molar-refractivity contribution < 1.29 is 8.42 Å². The first-order valence-corrected chi connectivity index (χ1v) is 12.8. The maximum Gasteiger partial charge on any atom is 0.243 e. The van der Waals surface area contributed by atoms with Crippen molar-refractivity contribution >= 4 is 51.3 Å². The summed E-state index contributed by atoms with van der Waals surface area (Å²) in [5, 5.41) is 9.73. The van der Waals surface area contributed by atoms with Gasteiger partial charge < -0.3 is 10.6 Å². The summed E-state index contributed by atoms with van der Waals surface area (Å²) in [6.07, 6.45) is 3.83. The number of aliphatic imine (C=N–C) groups is 1. The van der Waals surface area contributed by atoms with Crippen LogP contribution in [-0.4, -0.2) is 49.8 Å². The lowest BCUT2D eigenvalue weighted by molar-refractivity contribution is 0.346. The van der Waals surface area contributed by atoms with E-state index in [-0.39, 0.29) is 24.0 Å². The van der Waals surface area contributed by atoms with Gasteiger partial charge in [0, 0.05) is 38.0 Å². The third kappa shape index (κ3) is 7.69. The highest BCUT2D eigenvalue weighted by molar-refractivity contribution is 14.0. The van der Waals surface area contributed by atoms with Gasteiger partial charge in [0.25, 0.3) is 0 Å². The van der Waals surface area contributed by atoms with Crippen LogP contribution >= 0.6 is 35.3 Å². The highest BCUT2D eigenvalue weighted by Crippen LogP contribution is 2.21. The third-order valence-corrected chi connectivity index (χ3v) is 7.72. The number of hydrogen-bond donors (Lipinski definition) is 2. The fourth-order valence-corrected chi connectivity index (χ4v) is 5.53. The lowest BCUT2D eigenvalue weighted by atomic mass is 10.2. The number of benzene rings is 1. The van der Waals surface area contributed by atoms with E-state index in [1.54, 1.807) is 27.8 Å². The lowest BCUT2D eigenvalue weighted by Gasteiger charge is -2.25. The fraction of sp³-hybridized carbons (Fsp3) is 0.524. The zero-order valence-corrected chi connectivity index (χ0v) is 22.1. The molecule has 10 heteroatoms. The Morgan fingerprint density at radius 1 is 1.16 bits per heavy atom. The van der Waals surface area contributed by atoms with Crippen LogP contribution in [0.4, 0.5) is 0 Å². The molecular weight excluding hydrogens is 545 g/mol. The van der Waals surface area contributed by atoms with Gasteiger partial charge in [-0.1, -0.05) is 18.6 Å². The van der Waals surface area contributed by atoms with Crippen LogP contribution in [0.3, 0.4) is 0 Å². The SMILES string of the molecule is CCNC(=NCc1ccc(S(=O)(=O)N2CCCCC2)cc1)NCCc1csc(C)n1.I. The van der Waals surface area contributed by atoms with Gasteiger partial charge in [0.15, 0.2) is 5.96 Å². The van der Waals surface area contributed by atoms with Crippen molar-refractivity contribution in [1.29, 1.82) is 0 Å². The largest absolute Gasteiger partial charge is 0.357 e. The molecule has 1 aliphatic heterocycles. The summed E-state index contributed by atoms with van der Waals surface area (Å²) in [6.45, 7) is 7.28. The van der Waals surface area contributed by atoms with Crippen LogP contribution < -0.4 is 10.6 Å². The molecule has 3 rings (SSSR count). The quantitative estimate of drug-likeness (QED) is 0.285. The minimum atomic E-state index is -3.39. The van der Waals surface area contributed by atoms with Gasteiger partial charge in [-0.25, -0.2) is 18.4 Å². The monoisotopic (exact) mass is 577 g/mol. The van der Waals surface area contributed by atoms with Gasteiger partial charge >= 0.3 is 0 Å². The van der Waals surface area contributed by atoms with Gasteiger partial charge in [0.1, 0.15) is 0 Å². The number of guanidine groups is 1. The normalized spacial score (nSPS) is 15.4. The van der Waals surface area contributed by atoms with E-state index in [9.17, 15) is 8.42 Å². The predicted molar refractivity (Wildman–Crippen MR) is 138 cm³/mol. The van der Waals surface area contributed by atoms with E-state index in [0.717, 1.165) is 61.0 Å². The first kappa shape index (κ1) is 26.0. The minimum Gasteiger partial charge on any atom is -0.357 e. The number of halogens is 1. The van der Waals surface area contributed by atoms with Crippen LogP contribution in [0.5, 0.6) is 0 Å². The molecule has 0 bridgehead atoms. The molecule has 2 heterocycles. The number of aryl methyl sites for hydroxylation is 1. The van der Waals surface area contributed by atoms with E-state index in [1.807, 2.05) is 26.0 Å². The van der Waals surface area contributed by atoms with Gasteiger partial charge in [-0.3, -0.25) is 0 Å². The molecule has 7 nitrogen and oxygen atoms in total. The second-order valence-corrected chi connectivity index (χ2v) is 10.3. The van der Waals surface area contributed by atoms with Crippen molar-refractivity contribution in [3.8, 4) is 0 Å². The second-order valence-electron chi connectivity index (χ2n) is 7.34. The van der Waals surface area contributed by atoms with Crippen LogP contribution in [0.25, 0.3) is 0 Å². The van der Waals surface area contributed by atoms with Crippen molar-refractivity contribution in [3.63, 3.8) is 0 Å². The molecule has 172 valence electrons. The molecule has 2 aromatic rings. The number of sulfonamides is 1. The van der Waals surface area contributed by atoms with E-state index in [1.165, 1.54) is 0 Å². The van der Waals surface area contributed by atoms with E-state index >= 15 is 0 Å². The van der Waals surface area contributed by atoms with Crippen molar-refractivity contribution in [2.75, 3.05) is 26.2 Å². The molecule has 1 aliphatic rings. The lowest BCUT2D eigenvalue weighted by Crippen LogP contribution is -2.38. The zero-order chi connectivity index (χ0) is 21.4. The molecule has 0 atom stereocenters. The zero-order valence-electron chi connectivity index (χ0n) is 18.1. The summed E-state index contributed by atoms with van der Waals surface area (Å²) >= 11 is 1.66. The maximum atomic E-state index is 12.8. The Kier molecular flexibility index (Phi) is 10.7. The Balaban J connectivity index is 0.00000341. The van der Waals surface area contributed by atoms with Crippen molar-refractivity contribution in [1.82, 2.24) is 19.9 Å². The highest BCUT2D eigenvalue weighted by atomic mass is 127. The fourth-order valence-electron chi connectivity index (χ4n) is 3.37. The van der Waals surface area contributed by atoms with E-state index in [2.05, 4.69) is 26.0 Å². The molecular formula is C21H32IN5O2S2. The molecule has 1 saturated heterocycles. The highest BCUT2D eigenvalue weighted by Gasteiger charge is 2.25. The first-order chi connectivity index (χ1) is 14.5. The molecule has 1 aromatic carbocycles. The predicted octanol–water partition coefficient (Wildman–Crippen LogP) is 3.54. The number of aromatic nitrogens is 1. The molecule has 0 aliphatic carbocycles. The molecule has 0 amide bonds. The molecule has 0 unspecified atom stereocenters. The standard InChI is InChI=1S/C21H31N5O2S2.HI/c1-3-22-21(23-12-11-19-16-29-17(2)25-19)24-15-18-7-9-20(10-8-18)30(27,28)26-13-5-4-6-14-26;/h7-10,16H,3-6,11-15H2,1-2H3,(H2,22,23,24);1H. The summed E-state index contributed by atoms with van der Waals surface area (Å²) in [4.78, 5) is 9.45. The second kappa shape index (κ2) is 12.7. The van der Waals surface area contributed by atoms with Crippen LogP contribution in [0.1, 0.15) is 42.5 Å². The van der Waals surface area contributed by atoms with Crippen LogP contribution in [0.15, 0.2) is 39.5 Å². The Bertz CT molecular complexity index is 939. The Morgan fingerprint density at radius 3 is 2.48 bits per heavy atom. The summed E-state index contributed by atoms with van der Waals surface area (Å²) in [7, 11) is -3.39. The molecule has 31 heavy (non-hydrogen) atoms. The minimum absolute atomic E-state index is 0. The molecule has 0 radical (unpaired) electrons. The van der Waals surface area contributed by atoms with Gasteiger partial charge in [-0.15, -0.1) is 35.3 Å². The number of thiazole rings is 1. The number of nitrogens with one attached hydrogen (secondary N) is 2. The van der Waals surface area contributed by atoms with Gasteiger partial charge in [-0.05, 0) is 44.4 Å². The number of piperidine rings is 1. The molecule has 0 saturated carbocycles. The van der Waals surface area contributed by atoms with E-state index in [4.69, 9.17) is 0 Å². The third-order valence-electron chi connectivity index (χ3n) is 4.98. The summed E-state index contributed by atoms with van der Waals surface area (Å²) in [6, 6.07) is 7.09. The Morgan fingerprint density at radius 2 is 1.87 bits per heavy atom. The first-order valence-electron chi connectivity index (χ1n) is 10.5. The van der Waals surface area contributed by atoms with Crippen molar-refractivity contribution in [3.05, 3.63) is 45.9 Å². The average molecular weight is 578 g/mol. The van der Waals surface area contributed by atoms with Gasteiger partial charge in [-0.2, -0.15) is 4.31 Å². The number of rotatable bonds is 8. The molecule has 1 fully saturated rings. The topological polar surface area (TPSA) is 86.7 Å². The van der Waals surface area contributed by atoms with Gasteiger partial charge in [0.05, 0.1) is 22.1 Å². The summed E-state index contributed by atoms with van der Waals surface area (Å²) in [5.41, 5.74) is 2.06. The summed E-state index contributed by atoms with van der Waals surface area (Å²) in [5.74, 6) is 0.745. The molecule has 0 spiro atoms. The van der Waals surface area contributed by atoms with E-state index in [0.29, 0.717) is 24.5 Å². The van der Waals surface area contributed by atoms with Crippen LogP contribution in [0.2, 0.25) is 0 Å². The molecule has 2 N–H and O–H groups in total. The number of nitrogens with zero attached hydrogens (tertiary/aromatic N) is 3. The van der Waals surface area contributed by atoms with Crippen molar-refractivity contribution in [2.45, 2.75) is 51.0 Å². The Hall–Kier alpha value is -1.24. The van der Waals surface area contributed by atoms with Crippen LogP contribution in [-0.2, 0) is 23.0 Å². The Labute approximate surface area is 206 Å².